The normalized spacial score (nSPS) is 9.86. The van der Waals surface area contributed by atoms with E-state index in [0.717, 1.165) is 5.56 Å². The van der Waals surface area contributed by atoms with Crippen molar-refractivity contribution in [3.63, 3.8) is 0 Å². The summed E-state index contributed by atoms with van der Waals surface area (Å²) in [6, 6.07) is 5.22. The fourth-order valence-electron chi connectivity index (χ4n) is 1.13. The zero-order valence-corrected chi connectivity index (χ0v) is 8.67. The van der Waals surface area contributed by atoms with Crippen LogP contribution in [0.2, 0.25) is 5.02 Å². The van der Waals surface area contributed by atoms with Crippen molar-refractivity contribution in [1.82, 2.24) is 0 Å². The van der Waals surface area contributed by atoms with Gasteiger partial charge in [0.1, 0.15) is 0 Å². The van der Waals surface area contributed by atoms with Crippen LogP contribution in [0.3, 0.4) is 0 Å². The van der Waals surface area contributed by atoms with Crippen molar-refractivity contribution in [3.05, 3.63) is 28.8 Å². The van der Waals surface area contributed by atoms with Crippen LogP contribution in [0.25, 0.3) is 0 Å². The van der Waals surface area contributed by atoms with Gasteiger partial charge in [-0.2, -0.15) is 0 Å². The molecule has 3 nitrogen and oxygen atoms in total. The van der Waals surface area contributed by atoms with Crippen LogP contribution >= 0.6 is 11.6 Å². The number of anilines is 1. The average molecular weight is 214 g/mol. The Kier molecular flexibility index (Phi) is 3.77. The first kappa shape index (κ1) is 10.9. The molecule has 14 heavy (non-hydrogen) atoms. The Bertz CT molecular complexity index is 339. The molecule has 0 aliphatic heterocycles. The van der Waals surface area contributed by atoms with Crippen molar-refractivity contribution >= 4 is 23.3 Å². The third-order valence-corrected chi connectivity index (χ3v) is 2.26. The lowest BCUT2D eigenvalue weighted by Crippen LogP contribution is -2.02. The number of carbonyl (C=O) groups is 1. The summed E-state index contributed by atoms with van der Waals surface area (Å²) >= 11 is 5.92. The van der Waals surface area contributed by atoms with E-state index in [1.165, 1.54) is 7.11 Å². The molecule has 0 saturated carbocycles. The van der Waals surface area contributed by atoms with Crippen molar-refractivity contribution in [3.8, 4) is 0 Å². The molecule has 0 aliphatic carbocycles. The molecule has 0 fully saturated rings. The first-order valence-corrected chi connectivity index (χ1v) is 4.62. The zero-order chi connectivity index (χ0) is 10.6. The average Bonchev–Trinajstić information content (AvgIpc) is 2.19. The summed E-state index contributed by atoms with van der Waals surface area (Å²) in [5, 5.41) is 0.628. The fraction of sp³-hybridized carbons (Fsp3) is 0.300. The summed E-state index contributed by atoms with van der Waals surface area (Å²) in [6.45, 7) is 0. The lowest BCUT2D eigenvalue weighted by atomic mass is 10.1. The van der Waals surface area contributed by atoms with Crippen LogP contribution in [0, 0.1) is 0 Å². The van der Waals surface area contributed by atoms with Crippen LogP contribution in [0.15, 0.2) is 18.2 Å². The van der Waals surface area contributed by atoms with Gasteiger partial charge in [0.15, 0.2) is 0 Å². The number of hydrogen-bond acceptors (Lipinski definition) is 3. The maximum absolute atomic E-state index is 10.9. The fourth-order valence-corrected chi connectivity index (χ4v) is 1.34. The Balaban J connectivity index is 2.66. The van der Waals surface area contributed by atoms with Gasteiger partial charge in [-0.3, -0.25) is 4.79 Å². The van der Waals surface area contributed by atoms with E-state index in [1.807, 2.05) is 0 Å². The van der Waals surface area contributed by atoms with Crippen LogP contribution < -0.4 is 5.73 Å². The van der Waals surface area contributed by atoms with Gasteiger partial charge in [-0.15, -0.1) is 0 Å². The van der Waals surface area contributed by atoms with E-state index >= 15 is 0 Å². The number of rotatable bonds is 3. The number of nitrogens with two attached hydrogens (primary N) is 1. The summed E-state index contributed by atoms with van der Waals surface area (Å²) < 4.78 is 4.53. The molecule has 1 aromatic carbocycles. The minimum atomic E-state index is -0.247. The van der Waals surface area contributed by atoms with Gasteiger partial charge in [0.05, 0.1) is 7.11 Å². The number of carbonyl (C=O) groups excluding carboxylic acids is 1. The number of hydrogen-bond donors (Lipinski definition) is 1. The monoisotopic (exact) mass is 213 g/mol. The minimum Gasteiger partial charge on any atom is -0.469 e. The standard InChI is InChI=1S/C10H12ClNO2/c1-14-10(13)5-2-7-6-8(12)3-4-9(7)11/h3-4,6H,2,5,12H2,1H3. The van der Waals surface area contributed by atoms with E-state index in [2.05, 4.69) is 4.74 Å². The molecule has 76 valence electrons. The van der Waals surface area contributed by atoms with Crippen molar-refractivity contribution < 1.29 is 9.53 Å². The highest BCUT2D eigenvalue weighted by molar-refractivity contribution is 6.31. The molecule has 0 amide bonds. The lowest BCUT2D eigenvalue weighted by Gasteiger charge is -2.04. The summed E-state index contributed by atoms with van der Waals surface area (Å²) in [4.78, 5) is 10.9. The van der Waals surface area contributed by atoms with Crippen LogP contribution in [-0.4, -0.2) is 13.1 Å². The Labute approximate surface area is 87.8 Å². The Morgan fingerprint density at radius 2 is 2.29 bits per heavy atom. The third-order valence-electron chi connectivity index (χ3n) is 1.90. The van der Waals surface area contributed by atoms with E-state index in [-0.39, 0.29) is 5.97 Å². The van der Waals surface area contributed by atoms with Crippen molar-refractivity contribution in [2.45, 2.75) is 12.8 Å². The number of nitrogen functional groups attached to an aromatic ring is 1. The Morgan fingerprint density at radius 1 is 1.57 bits per heavy atom. The van der Waals surface area contributed by atoms with Gasteiger partial charge < -0.3 is 10.5 Å². The number of esters is 1. The second-order valence-corrected chi connectivity index (χ2v) is 3.33. The molecule has 0 saturated heterocycles. The highest BCUT2D eigenvalue weighted by Gasteiger charge is 2.05. The van der Waals surface area contributed by atoms with Crippen LogP contribution in [-0.2, 0) is 16.0 Å². The number of aryl methyl sites for hydroxylation is 1. The Hall–Kier alpha value is -1.22. The van der Waals surface area contributed by atoms with Gasteiger partial charge in [0.25, 0.3) is 0 Å². The van der Waals surface area contributed by atoms with Crippen molar-refractivity contribution in [1.29, 1.82) is 0 Å². The van der Waals surface area contributed by atoms with E-state index in [9.17, 15) is 4.79 Å². The molecule has 0 bridgehead atoms. The predicted octanol–water partition coefficient (Wildman–Crippen LogP) is 2.03. The van der Waals surface area contributed by atoms with Gasteiger partial charge in [-0.05, 0) is 30.2 Å². The smallest absolute Gasteiger partial charge is 0.305 e. The summed E-state index contributed by atoms with van der Waals surface area (Å²) in [5.41, 5.74) is 7.11. The van der Waals surface area contributed by atoms with Gasteiger partial charge in [0, 0.05) is 17.1 Å². The van der Waals surface area contributed by atoms with Crippen LogP contribution in [0.4, 0.5) is 5.69 Å². The van der Waals surface area contributed by atoms with Gasteiger partial charge >= 0.3 is 5.97 Å². The van der Waals surface area contributed by atoms with Gasteiger partial charge in [0.2, 0.25) is 0 Å². The van der Waals surface area contributed by atoms with Gasteiger partial charge in [-0.1, -0.05) is 11.6 Å². The minimum absolute atomic E-state index is 0.247. The molecule has 0 atom stereocenters. The van der Waals surface area contributed by atoms with Crippen molar-refractivity contribution in [2.24, 2.45) is 0 Å². The zero-order valence-electron chi connectivity index (χ0n) is 7.92. The molecule has 0 aromatic heterocycles. The first-order chi connectivity index (χ1) is 6.63. The SMILES string of the molecule is COC(=O)CCc1cc(N)ccc1Cl. The Morgan fingerprint density at radius 3 is 2.93 bits per heavy atom. The van der Waals surface area contributed by atoms with Crippen LogP contribution in [0.5, 0.6) is 0 Å². The van der Waals surface area contributed by atoms with E-state index in [0.29, 0.717) is 23.6 Å². The van der Waals surface area contributed by atoms with Crippen LogP contribution in [0.1, 0.15) is 12.0 Å². The molecule has 0 aliphatic rings. The summed E-state index contributed by atoms with van der Waals surface area (Å²) in [6.07, 6.45) is 0.871. The topological polar surface area (TPSA) is 52.3 Å². The highest BCUT2D eigenvalue weighted by atomic mass is 35.5. The molecule has 0 radical (unpaired) electrons. The third kappa shape index (κ3) is 2.92. The maximum atomic E-state index is 10.9. The molecule has 0 unspecified atom stereocenters. The predicted molar refractivity (Wildman–Crippen MR) is 56.2 cm³/mol. The van der Waals surface area contributed by atoms with Gasteiger partial charge in [-0.25, -0.2) is 0 Å². The maximum Gasteiger partial charge on any atom is 0.305 e. The number of ether oxygens (including phenoxy) is 1. The quantitative estimate of drug-likeness (QED) is 0.618. The molecule has 4 heteroatoms. The molecule has 2 N–H and O–H groups in total. The summed E-state index contributed by atoms with van der Waals surface area (Å²) in [5.74, 6) is -0.247. The summed E-state index contributed by atoms with van der Waals surface area (Å²) in [7, 11) is 1.36. The van der Waals surface area contributed by atoms with E-state index < -0.39 is 0 Å². The number of benzene rings is 1. The molecule has 1 aromatic rings. The second-order valence-electron chi connectivity index (χ2n) is 2.93. The largest absolute Gasteiger partial charge is 0.469 e. The molecular formula is C10H12ClNO2. The number of methoxy groups -OCH3 is 1. The van der Waals surface area contributed by atoms with E-state index in [4.69, 9.17) is 17.3 Å². The van der Waals surface area contributed by atoms with E-state index in [1.54, 1.807) is 18.2 Å². The highest BCUT2D eigenvalue weighted by Crippen LogP contribution is 2.20. The molecule has 1 rings (SSSR count). The molecule has 0 spiro atoms. The lowest BCUT2D eigenvalue weighted by molar-refractivity contribution is -0.140. The number of halogens is 1. The van der Waals surface area contributed by atoms with Crippen molar-refractivity contribution in [2.75, 3.05) is 12.8 Å². The first-order valence-electron chi connectivity index (χ1n) is 4.24. The molecule has 0 heterocycles. The second kappa shape index (κ2) is 4.86. The molecular weight excluding hydrogens is 202 g/mol.